The number of aliphatic hydroxyl groups is 1. The fourth-order valence-corrected chi connectivity index (χ4v) is 1.95. The van der Waals surface area contributed by atoms with Crippen LogP contribution in [0.15, 0.2) is 30.9 Å². The molecule has 0 saturated heterocycles. The van der Waals surface area contributed by atoms with Crippen molar-refractivity contribution in [1.29, 1.82) is 0 Å². The molecular weight excluding hydrogens is 200 g/mol. The Morgan fingerprint density at radius 3 is 2.81 bits per heavy atom. The van der Waals surface area contributed by atoms with Crippen LogP contribution in [0.4, 0.5) is 0 Å². The minimum atomic E-state index is -0.978. The first kappa shape index (κ1) is 11.2. The summed E-state index contributed by atoms with van der Waals surface area (Å²) in [6, 6.07) is 5.84. The van der Waals surface area contributed by atoms with Crippen molar-refractivity contribution in [2.45, 2.75) is 31.8 Å². The van der Waals surface area contributed by atoms with Crippen LogP contribution < -0.4 is 4.74 Å². The van der Waals surface area contributed by atoms with Crippen LogP contribution in [0, 0.1) is 0 Å². The molecule has 1 aliphatic rings. The van der Waals surface area contributed by atoms with Gasteiger partial charge in [-0.3, -0.25) is 0 Å². The molecule has 2 rings (SSSR count). The van der Waals surface area contributed by atoms with Crippen LogP contribution in [0.3, 0.4) is 0 Å². The highest BCUT2D eigenvalue weighted by Crippen LogP contribution is 2.40. The summed E-state index contributed by atoms with van der Waals surface area (Å²) < 4.78 is 5.61. The summed E-state index contributed by atoms with van der Waals surface area (Å²) in [6.07, 6.45) is 1.55. The summed E-state index contributed by atoms with van der Waals surface area (Å²) in [6.45, 7) is 10.4. The van der Waals surface area contributed by atoms with Crippen molar-refractivity contribution in [3.8, 4) is 5.75 Å². The molecule has 16 heavy (non-hydrogen) atoms. The number of hydrogen-bond donors (Lipinski definition) is 1. The van der Waals surface area contributed by atoms with Crippen molar-refractivity contribution in [1.82, 2.24) is 0 Å². The number of hydrogen-bond acceptors (Lipinski definition) is 2. The van der Waals surface area contributed by atoms with Gasteiger partial charge in [-0.2, -0.15) is 0 Å². The van der Waals surface area contributed by atoms with Gasteiger partial charge in [-0.25, -0.2) is 0 Å². The predicted octanol–water partition coefficient (Wildman–Crippen LogP) is 2.75. The summed E-state index contributed by atoms with van der Waals surface area (Å²) in [7, 11) is 0. The minimum absolute atomic E-state index is 0.0165. The lowest BCUT2D eigenvalue weighted by atomic mass is 9.84. The van der Waals surface area contributed by atoms with E-state index in [2.05, 4.69) is 20.4 Å². The third-order valence-corrected chi connectivity index (χ3v) is 3.28. The fraction of sp³-hybridized carbons (Fsp3) is 0.429. The molecule has 0 amide bonds. The van der Waals surface area contributed by atoms with E-state index in [1.54, 1.807) is 13.0 Å². The summed E-state index contributed by atoms with van der Waals surface area (Å²) in [4.78, 5) is 0. The maximum Gasteiger partial charge on any atom is 0.123 e. The Labute approximate surface area is 96.6 Å². The Hall–Kier alpha value is -1.28. The molecule has 1 heterocycles. The quantitative estimate of drug-likeness (QED) is 0.773. The average molecular weight is 218 g/mol. The van der Waals surface area contributed by atoms with E-state index in [4.69, 9.17) is 4.74 Å². The van der Waals surface area contributed by atoms with E-state index in [0.717, 1.165) is 16.9 Å². The van der Waals surface area contributed by atoms with E-state index in [1.165, 1.54) is 0 Å². The van der Waals surface area contributed by atoms with Crippen molar-refractivity contribution in [2.24, 2.45) is 0 Å². The number of fused-ring (bicyclic) bond motifs is 1. The molecule has 1 N–H and O–H groups in total. The first-order chi connectivity index (χ1) is 7.37. The van der Waals surface area contributed by atoms with Gasteiger partial charge in [-0.15, -0.1) is 0 Å². The highest BCUT2D eigenvalue weighted by Gasteiger charge is 2.33. The van der Waals surface area contributed by atoms with E-state index in [0.29, 0.717) is 6.61 Å². The zero-order valence-electron chi connectivity index (χ0n) is 10.1. The van der Waals surface area contributed by atoms with Crippen molar-refractivity contribution in [2.75, 3.05) is 6.61 Å². The summed E-state index contributed by atoms with van der Waals surface area (Å²) in [5.41, 5.74) is 1.06. The highest BCUT2D eigenvalue weighted by atomic mass is 16.5. The molecule has 0 fully saturated rings. The second-order valence-corrected chi connectivity index (χ2v) is 5.24. The van der Waals surface area contributed by atoms with Gasteiger partial charge in [0.2, 0.25) is 0 Å². The van der Waals surface area contributed by atoms with E-state index >= 15 is 0 Å². The third kappa shape index (κ3) is 1.63. The van der Waals surface area contributed by atoms with Gasteiger partial charge in [0.1, 0.15) is 11.4 Å². The van der Waals surface area contributed by atoms with Gasteiger partial charge in [0.05, 0.1) is 6.61 Å². The Morgan fingerprint density at radius 2 is 2.19 bits per heavy atom. The predicted molar refractivity (Wildman–Crippen MR) is 64.7 cm³/mol. The lowest BCUT2D eigenvalue weighted by Gasteiger charge is -2.22. The van der Waals surface area contributed by atoms with Crippen LogP contribution in [0.2, 0.25) is 0 Å². The number of benzene rings is 1. The second-order valence-electron chi connectivity index (χ2n) is 5.24. The van der Waals surface area contributed by atoms with Crippen molar-refractivity contribution >= 4 is 0 Å². The van der Waals surface area contributed by atoms with Crippen molar-refractivity contribution in [3.63, 3.8) is 0 Å². The molecule has 0 radical (unpaired) electrons. The number of rotatable bonds is 2. The van der Waals surface area contributed by atoms with Crippen LogP contribution in [0.1, 0.15) is 31.9 Å². The largest absolute Gasteiger partial charge is 0.492 e. The SMILES string of the molecule is C=C[C@](C)(O)c1ccc2c(c1)C(C)(C)CO2. The summed E-state index contributed by atoms with van der Waals surface area (Å²) >= 11 is 0. The molecule has 1 aromatic rings. The highest BCUT2D eigenvalue weighted by molar-refractivity contribution is 5.47. The van der Waals surface area contributed by atoms with Crippen LogP contribution in [-0.2, 0) is 11.0 Å². The van der Waals surface area contributed by atoms with Gasteiger partial charge in [0.25, 0.3) is 0 Å². The Balaban J connectivity index is 2.51. The monoisotopic (exact) mass is 218 g/mol. The smallest absolute Gasteiger partial charge is 0.123 e. The van der Waals surface area contributed by atoms with Crippen LogP contribution in [0.5, 0.6) is 5.75 Å². The molecule has 2 heteroatoms. The van der Waals surface area contributed by atoms with E-state index in [9.17, 15) is 5.11 Å². The van der Waals surface area contributed by atoms with Gasteiger partial charge in [0, 0.05) is 11.0 Å². The normalized spacial score (nSPS) is 20.8. The van der Waals surface area contributed by atoms with Crippen molar-refractivity contribution < 1.29 is 9.84 Å². The molecule has 2 nitrogen and oxygen atoms in total. The fourth-order valence-electron chi connectivity index (χ4n) is 1.95. The standard InChI is InChI=1S/C14H18O2/c1-5-14(4,15)10-6-7-12-11(8-10)13(2,3)9-16-12/h5-8,15H,1,9H2,2-4H3/t14-/m0/s1. The van der Waals surface area contributed by atoms with Crippen LogP contribution in [0.25, 0.3) is 0 Å². The van der Waals surface area contributed by atoms with Gasteiger partial charge in [-0.1, -0.05) is 32.6 Å². The zero-order valence-corrected chi connectivity index (χ0v) is 10.1. The summed E-state index contributed by atoms with van der Waals surface area (Å²) in [5, 5.41) is 10.1. The third-order valence-electron chi connectivity index (χ3n) is 3.28. The van der Waals surface area contributed by atoms with Gasteiger partial charge in [0.15, 0.2) is 0 Å². The lowest BCUT2D eigenvalue weighted by Crippen LogP contribution is -2.21. The van der Waals surface area contributed by atoms with Gasteiger partial charge >= 0.3 is 0 Å². The van der Waals surface area contributed by atoms with E-state index < -0.39 is 5.60 Å². The molecule has 1 aromatic carbocycles. The molecular formula is C14H18O2. The van der Waals surface area contributed by atoms with Gasteiger partial charge in [-0.05, 0) is 24.6 Å². The Morgan fingerprint density at radius 1 is 1.50 bits per heavy atom. The molecule has 86 valence electrons. The molecule has 0 bridgehead atoms. The average Bonchev–Trinajstić information content (AvgIpc) is 2.55. The Kier molecular flexibility index (Phi) is 2.35. The van der Waals surface area contributed by atoms with Crippen LogP contribution >= 0.6 is 0 Å². The van der Waals surface area contributed by atoms with Crippen molar-refractivity contribution in [3.05, 3.63) is 42.0 Å². The lowest BCUT2D eigenvalue weighted by molar-refractivity contribution is 0.111. The molecule has 0 aromatic heterocycles. The number of ether oxygens (including phenoxy) is 1. The minimum Gasteiger partial charge on any atom is -0.492 e. The first-order valence-electron chi connectivity index (χ1n) is 5.50. The molecule has 1 aliphatic heterocycles. The van der Waals surface area contributed by atoms with E-state index in [-0.39, 0.29) is 5.41 Å². The maximum atomic E-state index is 10.1. The molecule has 0 unspecified atom stereocenters. The Bertz CT molecular complexity index is 430. The molecule has 0 aliphatic carbocycles. The molecule has 1 atom stereocenters. The summed E-state index contributed by atoms with van der Waals surface area (Å²) in [5.74, 6) is 0.925. The molecule has 0 saturated carbocycles. The van der Waals surface area contributed by atoms with E-state index in [1.807, 2.05) is 18.2 Å². The first-order valence-corrected chi connectivity index (χ1v) is 5.50. The van der Waals surface area contributed by atoms with Gasteiger partial charge < -0.3 is 9.84 Å². The van der Waals surface area contributed by atoms with Crippen LogP contribution in [-0.4, -0.2) is 11.7 Å². The zero-order chi connectivity index (χ0) is 12.0. The molecule has 0 spiro atoms. The topological polar surface area (TPSA) is 29.5 Å². The second kappa shape index (κ2) is 3.36. The maximum absolute atomic E-state index is 10.1.